The maximum absolute atomic E-state index is 12.5. The molecule has 1 N–H and O–H groups in total. The van der Waals surface area contributed by atoms with Crippen LogP contribution in [0.4, 0.5) is 6.01 Å². The molecule has 0 radical (unpaired) electrons. The van der Waals surface area contributed by atoms with Crippen LogP contribution in [0, 0.1) is 0 Å². The predicted molar refractivity (Wildman–Crippen MR) is 90.7 cm³/mol. The number of rotatable bonds is 3. The number of anilines is 1. The largest absolute Gasteiger partial charge is 0.423 e. The first-order valence-corrected chi connectivity index (χ1v) is 7.68. The van der Waals surface area contributed by atoms with Gasteiger partial charge in [0.05, 0.1) is 0 Å². The normalized spacial score (nSPS) is 13.8. The Morgan fingerprint density at radius 3 is 2.71 bits per heavy atom. The fraction of sp³-hybridized carbons (Fsp3) is 0.0556. The third-order valence-electron chi connectivity index (χ3n) is 3.81. The second kappa shape index (κ2) is 5.62. The van der Waals surface area contributed by atoms with E-state index in [-0.39, 0.29) is 24.1 Å². The van der Waals surface area contributed by atoms with Crippen molar-refractivity contribution in [3.05, 3.63) is 70.3 Å². The van der Waals surface area contributed by atoms with Gasteiger partial charge in [-0.05, 0) is 18.2 Å². The number of benzene rings is 2. The average molecular weight is 339 g/mol. The van der Waals surface area contributed by atoms with Crippen molar-refractivity contribution in [2.75, 3.05) is 11.9 Å². The van der Waals surface area contributed by atoms with Gasteiger partial charge in [0.25, 0.3) is 6.01 Å². The molecular formula is C18H11ClN2O3. The standard InChI is InChI=1S/C18H11ClN2O3/c19-11-5-6-14-16(8-11)24-18(21-14)20-9-10-7-15(22)12-3-1-2-4-13(12)17(10)23/h1-8H,9H2,(H,20,21). The first-order valence-electron chi connectivity index (χ1n) is 7.30. The highest BCUT2D eigenvalue weighted by atomic mass is 35.5. The summed E-state index contributed by atoms with van der Waals surface area (Å²) >= 11 is 5.91. The molecule has 0 aliphatic heterocycles. The van der Waals surface area contributed by atoms with E-state index in [9.17, 15) is 9.59 Å². The molecule has 1 aromatic heterocycles. The molecule has 2 aromatic carbocycles. The van der Waals surface area contributed by atoms with Gasteiger partial charge in [-0.2, -0.15) is 4.98 Å². The van der Waals surface area contributed by atoms with Crippen molar-refractivity contribution in [1.82, 2.24) is 4.98 Å². The van der Waals surface area contributed by atoms with Gasteiger partial charge in [0.1, 0.15) is 5.52 Å². The summed E-state index contributed by atoms with van der Waals surface area (Å²) in [5, 5.41) is 3.50. The molecule has 0 unspecified atom stereocenters. The van der Waals surface area contributed by atoms with Gasteiger partial charge < -0.3 is 9.73 Å². The lowest BCUT2D eigenvalue weighted by atomic mass is 9.89. The lowest BCUT2D eigenvalue weighted by Crippen LogP contribution is -2.21. The number of aromatic nitrogens is 1. The molecule has 1 aliphatic rings. The second-order valence-corrected chi connectivity index (χ2v) is 5.83. The number of halogens is 1. The summed E-state index contributed by atoms with van der Waals surface area (Å²) in [6, 6.07) is 12.2. The van der Waals surface area contributed by atoms with Crippen molar-refractivity contribution in [2.45, 2.75) is 0 Å². The van der Waals surface area contributed by atoms with Crippen molar-refractivity contribution >= 4 is 40.3 Å². The van der Waals surface area contributed by atoms with E-state index in [0.717, 1.165) is 0 Å². The molecule has 4 rings (SSSR count). The van der Waals surface area contributed by atoms with Crippen LogP contribution in [0.1, 0.15) is 20.7 Å². The third kappa shape index (κ3) is 2.49. The van der Waals surface area contributed by atoms with Crippen LogP contribution in [-0.2, 0) is 0 Å². The number of hydrogen-bond donors (Lipinski definition) is 1. The van der Waals surface area contributed by atoms with Gasteiger partial charge in [-0.1, -0.05) is 35.9 Å². The molecule has 0 atom stereocenters. The van der Waals surface area contributed by atoms with Crippen molar-refractivity contribution < 1.29 is 14.0 Å². The topological polar surface area (TPSA) is 72.2 Å². The van der Waals surface area contributed by atoms with Gasteiger partial charge in [0.15, 0.2) is 17.1 Å². The average Bonchev–Trinajstić information content (AvgIpc) is 2.99. The SMILES string of the molecule is O=C1C=C(CNc2nc3ccc(Cl)cc3o2)C(=O)c2ccccc21. The number of Topliss-reactive ketones (excluding diaryl/α,β-unsaturated/α-hetero) is 1. The molecule has 0 saturated heterocycles. The van der Waals surface area contributed by atoms with Crippen molar-refractivity contribution in [3.63, 3.8) is 0 Å². The van der Waals surface area contributed by atoms with Crippen LogP contribution in [0.15, 0.2) is 58.5 Å². The van der Waals surface area contributed by atoms with Crippen LogP contribution < -0.4 is 5.32 Å². The van der Waals surface area contributed by atoms with Gasteiger partial charge in [0, 0.05) is 34.3 Å². The number of ketones is 2. The summed E-state index contributed by atoms with van der Waals surface area (Å²) in [6.07, 6.45) is 1.36. The number of allylic oxidation sites excluding steroid dienone is 1. The summed E-state index contributed by atoms with van der Waals surface area (Å²) < 4.78 is 5.54. The molecule has 0 bridgehead atoms. The Labute approximate surface area is 141 Å². The zero-order chi connectivity index (χ0) is 16.7. The quantitative estimate of drug-likeness (QED) is 0.784. The smallest absolute Gasteiger partial charge is 0.295 e. The van der Waals surface area contributed by atoms with Crippen LogP contribution in [0.5, 0.6) is 0 Å². The van der Waals surface area contributed by atoms with Crippen molar-refractivity contribution in [2.24, 2.45) is 0 Å². The van der Waals surface area contributed by atoms with Crippen LogP contribution in [0.2, 0.25) is 5.02 Å². The molecule has 1 heterocycles. The molecule has 118 valence electrons. The second-order valence-electron chi connectivity index (χ2n) is 5.39. The summed E-state index contributed by atoms with van der Waals surface area (Å²) in [4.78, 5) is 28.9. The molecular weight excluding hydrogens is 328 g/mol. The molecule has 0 spiro atoms. The molecule has 5 nitrogen and oxygen atoms in total. The molecule has 0 fully saturated rings. The maximum atomic E-state index is 12.5. The maximum Gasteiger partial charge on any atom is 0.295 e. The van der Waals surface area contributed by atoms with Crippen LogP contribution in [-0.4, -0.2) is 23.1 Å². The molecule has 0 amide bonds. The number of oxazole rings is 1. The van der Waals surface area contributed by atoms with Crippen molar-refractivity contribution in [1.29, 1.82) is 0 Å². The summed E-state index contributed by atoms with van der Waals surface area (Å²) in [7, 11) is 0. The Morgan fingerprint density at radius 1 is 1.08 bits per heavy atom. The Hall–Kier alpha value is -2.92. The van der Waals surface area contributed by atoms with Gasteiger partial charge in [-0.15, -0.1) is 0 Å². The Bertz CT molecular complexity index is 1020. The number of hydrogen-bond acceptors (Lipinski definition) is 5. The first-order chi connectivity index (χ1) is 11.6. The zero-order valence-electron chi connectivity index (χ0n) is 12.4. The molecule has 6 heteroatoms. The number of carbonyl (C=O) groups is 2. The van der Waals surface area contributed by atoms with E-state index < -0.39 is 0 Å². The minimum atomic E-state index is -0.175. The highest BCUT2D eigenvalue weighted by Gasteiger charge is 2.24. The summed E-state index contributed by atoms with van der Waals surface area (Å²) in [6.45, 7) is 0.152. The fourth-order valence-corrected chi connectivity index (χ4v) is 2.81. The fourth-order valence-electron chi connectivity index (χ4n) is 2.65. The Balaban J connectivity index is 1.57. The molecule has 3 aromatic rings. The monoisotopic (exact) mass is 338 g/mol. The van der Waals surface area contributed by atoms with E-state index in [2.05, 4.69) is 10.3 Å². The lowest BCUT2D eigenvalue weighted by molar-refractivity contribution is 0.0984. The Kier molecular flexibility index (Phi) is 3.43. The van der Waals surface area contributed by atoms with E-state index in [4.69, 9.17) is 16.0 Å². The van der Waals surface area contributed by atoms with Crippen molar-refractivity contribution in [3.8, 4) is 0 Å². The Morgan fingerprint density at radius 2 is 1.88 bits per heavy atom. The van der Waals surface area contributed by atoms with E-state index >= 15 is 0 Å². The highest BCUT2D eigenvalue weighted by molar-refractivity contribution is 6.31. The van der Waals surface area contributed by atoms with E-state index in [1.54, 1.807) is 42.5 Å². The van der Waals surface area contributed by atoms with Gasteiger partial charge in [-0.3, -0.25) is 9.59 Å². The minimum Gasteiger partial charge on any atom is -0.423 e. The summed E-state index contributed by atoms with van der Waals surface area (Å²) in [5.74, 6) is -0.344. The van der Waals surface area contributed by atoms with Gasteiger partial charge in [0.2, 0.25) is 0 Å². The number of fused-ring (bicyclic) bond motifs is 2. The third-order valence-corrected chi connectivity index (χ3v) is 4.05. The molecule has 1 aliphatic carbocycles. The van der Waals surface area contributed by atoms with Gasteiger partial charge >= 0.3 is 0 Å². The van der Waals surface area contributed by atoms with Crippen LogP contribution in [0.3, 0.4) is 0 Å². The van der Waals surface area contributed by atoms with E-state index in [0.29, 0.717) is 32.8 Å². The number of nitrogens with zero attached hydrogens (tertiary/aromatic N) is 1. The molecule has 24 heavy (non-hydrogen) atoms. The van der Waals surface area contributed by atoms with E-state index in [1.807, 2.05) is 0 Å². The summed E-state index contributed by atoms with van der Waals surface area (Å²) in [5.41, 5.74) is 2.44. The molecule has 0 saturated carbocycles. The van der Waals surface area contributed by atoms with Gasteiger partial charge in [-0.25, -0.2) is 0 Å². The van der Waals surface area contributed by atoms with Crippen LogP contribution in [0.25, 0.3) is 11.1 Å². The van der Waals surface area contributed by atoms with E-state index in [1.165, 1.54) is 6.08 Å². The van der Waals surface area contributed by atoms with Crippen LogP contribution >= 0.6 is 11.6 Å². The lowest BCUT2D eigenvalue weighted by Gasteiger charge is -2.14. The highest BCUT2D eigenvalue weighted by Crippen LogP contribution is 2.24. The number of nitrogens with one attached hydrogen (secondary N) is 1. The first kappa shape index (κ1) is 14.7. The minimum absolute atomic E-state index is 0.152. The predicted octanol–water partition coefficient (Wildman–Crippen LogP) is 3.90. The zero-order valence-corrected chi connectivity index (χ0v) is 13.1. The number of carbonyl (C=O) groups excluding carboxylic acids is 2.